The summed E-state index contributed by atoms with van der Waals surface area (Å²) < 4.78 is 11.1. The number of phenolic OH excluding ortho intramolecular Hbond substituents is 2. The maximum Gasteiger partial charge on any atom is 0.204 e. The molecule has 32 heavy (non-hydrogen) atoms. The summed E-state index contributed by atoms with van der Waals surface area (Å²) in [5.74, 6) is -0.423. The molecule has 0 fully saturated rings. The van der Waals surface area contributed by atoms with Crippen LogP contribution in [0.5, 0.6) is 11.5 Å². The Morgan fingerprint density at radius 1 is 0.531 bits per heavy atom. The van der Waals surface area contributed by atoms with Crippen LogP contribution in [0, 0.1) is 0 Å². The van der Waals surface area contributed by atoms with Gasteiger partial charge in [0, 0.05) is 12.1 Å². The summed E-state index contributed by atoms with van der Waals surface area (Å²) in [7, 11) is 0. The van der Waals surface area contributed by atoms with Gasteiger partial charge in [-0.3, -0.25) is 9.59 Å². The van der Waals surface area contributed by atoms with Crippen molar-refractivity contribution < 1.29 is 19.0 Å². The van der Waals surface area contributed by atoms with Crippen LogP contribution in [-0.4, -0.2) is 10.2 Å². The second-order valence-electron chi connectivity index (χ2n) is 7.19. The number of benzene rings is 4. The monoisotopic (exact) mass is 424 g/mol. The number of para-hydroxylation sites is 3. The molecular formula is C26H16O6. The zero-order valence-corrected chi connectivity index (χ0v) is 16.6. The average molecular weight is 424 g/mol. The summed E-state index contributed by atoms with van der Waals surface area (Å²) in [4.78, 5) is 24.1. The maximum atomic E-state index is 12.1. The third-order valence-electron chi connectivity index (χ3n) is 5.13. The lowest BCUT2D eigenvalue weighted by Crippen LogP contribution is -2.01. The fourth-order valence-corrected chi connectivity index (χ4v) is 3.64. The van der Waals surface area contributed by atoms with Crippen molar-refractivity contribution in [3.05, 3.63) is 105 Å². The van der Waals surface area contributed by atoms with Crippen LogP contribution in [0.2, 0.25) is 0 Å². The van der Waals surface area contributed by atoms with Crippen molar-refractivity contribution in [1.29, 1.82) is 0 Å². The Labute approximate surface area is 180 Å². The zero-order chi connectivity index (χ0) is 22.2. The number of fused-ring (bicyclic) bond motifs is 4. The fraction of sp³-hybridized carbons (Fsp3) is 0. The summed E-state index contributed by atoms with van der Waals surface area (Å²) >= 11 is 0. The molecule has 4 aromatic carbocycles. The van der Waals surface area contributed by atoms with Gasteiger partial charge in [-0.15, -0.1) is 0 Å². The van der Waals surface area contributed by atoms with Crippen molar-refractivity contribution in [2.75, 3.05) is 0 Å². The van der Waals surface area contributed by atoms with Crippen LogP contribution in [0.1, 0.15) is 0 Å². The third-order valence-corrected chi connectivity index (χ3v) is 5.13. The Balaban J connectivity index is 0.000000136. The lowest BCUT2D eigenvalue weighted by atomic mass is 10.1. The molecule has 2 aromatic heterocycles. The van der Waals surface area contributed by atoms with Crippen LogP contribution in [-0.2, 0) is 0 Å². The lowest BCUT2D eigenvalue weighted by molar-refractivity contribution is 0.453. The summed E-state index contributed by atoms with van der Waals surface area (Å²) in [6, 6.07) is 23.8. The molecule has 0 bridgehead atoms. The van der Waals surface area contributed by atoms with Crippen LogP contribution in [0.25, 0.3) is 43.9 Å². The summed E-state index contributed by atoms with van der Waals surface area (Å²) in [5.41, 5.74) is 1.61. The van der Waals surface area contributed by atoms with E-state index in [1.165, 1.54) is 6.07 Å². The highest BCUT2D eigenvalue weighted by atomic mass is 16.3. The number of hydrogen-bond donors (Lipinski definition) is 2. The second-order valence-corrected chi connectivity index (χ2v) is 7.19. The molecule has 6 aromatic rings. The minimum atomic E-state index is -0.306. The van der Waals surface area contributed by atoms with Crippen LogP contribution < -0.4 is 10.9 Å². The molecule has 6 rings (SSSR count). The second kappa shape index (κ2) is 7.59. The first-order valence-electron chi connectivity index (χ1n) is 9.81. The smallest absolute Gasteiger partial charge is 0.204 e. The van der Waals surface area contributed by atoms with E-state index in [2.05, 4.69) is 0 Å². The van der Waals surface area contributed by atoms with Gasteiger partial charge in [0.1, 0.15) is 39.2 Å². The van der Waals surface area contributed by atoms with Gasteiger partial charge in [0.2, 0.25) is 10.9 Å². The Morgan fingerprint density at radius 2 is 0.969 bits per heavy atom. The highest BCUT2D eigenvalue weighted by Crippen LogP contribution is 2.29. The van der Waals surface area contributed by atoms with Crippen LogP contribution >= 0.6 is 0 Å². The van der Waals surface area contributed by atoms with E-state index < -0.39 is 0 Å². The van der Waals surface area contributed by atoms with E-state index in [0.29, 0.717) is 32.9 Å². The molecule has 2 N–H and O–H groups in total. The van der Waals surface area contributed by atoms with E-state index in [9.17, 15) is 19.8 Å². The van der Waals surface area contributed by atoms with Gasteiger partial charge in [-0.25, -0.2) is 0 Å². The largest absolute Gasteiger partial charge is 0.508 e. The van der Waals surface area contributed by atoms with Gasteiger partial charge >= 0.3 is 0 Å². The molecule has 0 radical (unpaired) electrons. The van der Waals surface area contributed by atoms with Gasteiger partial charge in [0.15, 0.2) is 0 Å². The molecule has 156 valence electrons. The highest BCUT2D eigenvalue weighted by molar-refractivity contribution is 5.93. The Morgan fingerprint density at radius 3 is 1.50 bits per heavy atom. The number of aromatic hydroxyl groups is 2. The summed E-state index contributed by atoms with van der Waals surface area (Å²) in [5, 5.41) is 20.8. The van der Waals surface area contributed by atoms with Crippen molar-refractivity contribution in [3.63, 3.8) is 0 Å². The average Bonchev–Trinajstić information content (AvgIpc) is 2.79. The topological polar surface area (TPSA) is 101 Å². The van der Waals surface area contributed by atoms with E-state index in [1.807, 2.05) is 36.4 Å². The van der Waals surface area contributed by atoms with Gasteiger partial charge in [0.25, 0.3) is 0 Å². The molecule has 2 heterocycles. The van der Waals surface area contributed by atoms with Crippen molar-refractivity contribution in [2.24, 2.45) is 0 Å². The first-order chi connectivity index (χ1) is 15.5. The third kappa shape index (κ3) is 3.24. The van der Waals surface area contributed by atoms with Gasteiger partial charge < -0.3 is 19.0 Å². The lowest BCUT2D eigenvalue weighted by Gasteiger charge is -2.03. The van der Waals surface area contributed by atoms with Gasteiger partial charge in [-0.2, -0.15) is 0 Å². The zero-order valence-electron chi connectivity index (χ0n) is 16.6. The van der Waals surface area contributed by atoms with Crippen LogP contribution in [0.3, 0.4) is 0 Å². The van der Waals surface area contributed by atoms with Gasteiger partial charge in [-0.1, -0.05) is 36.4 Å². The first-order valence-corrected chi connectivity index (χ1v) is 9.81. The fourth-order valence-electron chi connectivity index (χ4n) is 3.64. The molecule has 0 unspecified atom stereocenters. The molecule has 0 aliphatic rings. The first kappa shape index (κ1) is 19.4. The molecular weight excluding hydrogens is 408 g/mol. The Hall–Kier alpha value is -4.58. The number of hydrogen-bond acceptors (Lipinski definition) is 6. The molecule has 0 spiro atoms. The minimum Gasteiger partial charge on any atom is -0.508 e. The standard InChI is InChI=1S/C13H8O4.C13H8O2/c14-7-5-9(15)12-11(6-7)17-10-4-2-1-3-8(10)13(12)16;14-13-9-5-1-3-7-11(9)15-12-8-4-2-6-10(12)13/h1-6,14-15H;1-8H. The predicted molar refractivity (Wildman–Crippen MR) is 123 cm³/mol. The van der Waals surface area contributed by atoms with E-state index in [0.717, 1.165) is 6.07 Å². The van der Waals surface area contributed by atoms with Crippen molar-refractivity contribution in [1.82, 2.24) is 0 Å². The highest BCUT2D eigenvalue weighted by Gasteiger charge is 2.12. The molecule has 0 amide bonds. The van der Waals surface area contributed by atoms with Crippen LogP contribution in [0.4, 0.5) is 0 Å². The predicted octanol–water partition coefficient (Wildman–Crippen LogP) is 5.30. The van der Waals surface area contributed by atoms with Crippen LogP contribution in [0.15, 0.2) is 103 Å². The van der Waals surface area contributed by atoms with E-state index in [4.69, 9.17) is 8.83 Å². The van der Waals surface area contributed by atoms with E-state index in [1.54, 1.807) is 36.4 Å². The summed E-state index contributed by atoms with van der Waals surface area (Å²) in [6.45, 7) is 0. The van der Waals surface area contributed by atoms with E-state index >= 15 is 0 Å². The van der Waals surface area contributed by atoms with Crippen molar-refractivity contribution >= 4 is 43.9 Å². The van der Waals surface area contributed by atoms with Crippen molar-refractivity contribution in [3.8, 4) is 11.5 Å². The molecule has 6 nitrogen and oxygen atoms in total. The SMILES string of the molecule is O=c1c2ccccc2oc2cc(O)cc(O)c12.O=c1c2ccccc2oc2ccccc12. The molecule has 0 saturated heterocycles. The number of rotatable bonds is 0. The summed E-state index contributed by atoms with van der Waals surface area (Å²) in [6.07, 6.45) is 0. The quantitative estimate of drug-likeness (QED) is 0.321. The molecule has 6 heteroatoms. The normalized spacial score (nSPS) is 11.0. The van der Waals surface area contributed by atoms with Gasteiger partial charge in [0.05, 0.1) is 16.2 Å². The van der Waals surface area contributed by atoms with Gasteiger partial charge in [-0.05, 0) is 36.4 Å². The van der Waals surface area contributed by atoms with E-state index in [-0.39, 0.29) is 33.3 Å². The molecule has 0 saturated carbocycles. The minimum absolute atomic E-state index is 0.0347. The number of phenols is 2. The Kier molecular flexibility index (Phi) is 4.60. The molecule has 0 atom stereocenters. The molecule has 0 aliphatic carbocycles. The molecule has 0 aliphatic heterocycles. The maximum absolute atomic E-state index is 12.1. The van der Waals surface area contributed by atoms with Crippen molar-refractivity contribution in [2.45, 2.75) is 0 Å². The Bertz CT molecular complexity index is 1690.